The molecule has 0 radical (unpaired) electrons. The van der Waals surface area contributed by atoms with E-state index in [-0.39, 0.29) is 12.1 Å². The van der Waals surface area contributed by atoms with Crippen LogP contribution < -0.4 is 10.6 Å². The first-order chi connectivity index (χ1) is 8.60. The number of rotatable bonds is 5. The number of hydrogen-bond donors (Lipinski definition) is 3. The molecule has 6 nitrogen and oxygen atoms in total. The van der Waals surface area contributed by atoms with Crippen molar-refractivity contribution in [3.63, 3.8) is 0 Å². The molecule has 0 bridgehead atoms. The van der Waals surface area contributed by atoms with Crippen LogP contribution in [0.1, 0.15) is 32.6 Å². The molecule has 2 fully saturated rings. The topological polar surface area (TPSA) is 81.7 Å². The predicted octanol–water partition coefficient (Wildman–Crippen LogP) is 0.385. The number of hydrogen-bond acceptors (Lipinski definition) is 3. The number of aliphatic carboxylic acids is 1. The molecule has 2 atom stereocenters. The van der Waals surface area contributed by atoms with E-state index in [4.69, 9.17) is 5.11 Å². The minimum atomic E-state index is -0.987. The van der Waals surface area contributed by atoms with E-state index in [9.17, 15) is 9.59 Å². The molecule has 0 spiro atoms. The van der Waals surface area contributed by atoms with Crippen LogP contribution in [0.2, 0.25) is 0 Å². The largest absolute Gasteiger partial charge is 0.480 e. The molecular formula is C12H21N3O3. The Hall–Kier alpha value is -1.30. The van der Waals surface area contributed by atoms with Crippen LogP contribution >= 0.6 is 0 Å². The third kappa shape index (κ3) is 3.35. The van der Waals surface area contributed by atoms with Crippen LogP contribution in [0.4, 0.5) is 4.79 Å². The molecule has 3 N–H and O–H groups in total. The normalized spacial score (nSPS) is 25.7. The molecule has 1 heterocycles. The fourth-order valence-electron chi connectivity index (χ4n) is 2.40. The first-order valence-electron chi connectivity index (χ1n) is 6.64. The molecule has 0 aromatic rings. The Labute approximate surface area is 107 Å². The van der Waals surface area contributed by atoms with Gasteiger partial charge in [-0.05, 0) is 25.7 Å². The average Bonchev–Trinajstić information content (AvgIpc) is 3.07. The Morgan fingerprint density at radius 3 is 2.67 bits per heavy atom. The molecule has 0 aromatic carbocycles. The fourth-order valence-corrected chi connectivity index (χ4v) is 2.40. The molecule has 6 heteroatoms. The van der Waals surface area contributed by atoms with E-state index in [0.29, 0.717) is 6.42 Å². The summed E-state index contributed by atoms with van der Waals surface area (Å²) in [6, 6.07) is -0.294. The van der Waals surface area contributed by atoms with Gasteiger partial charge in [-0.1, -0.05) is 6.92 Å². The lowest BCUT2D eigenvalue weighted by molar-refractivity contribution is -0.139. The Bertz CT molecular complexity index is 331. The van der Waals surface area contributed by atoms with Crippen molar-refractivity contribution in [3.05, 3.63) is 0 Å². The third-order valence-electron chi connectivity index (χ3n) is 3.63. The average molecular weight is 255 g/mol. The second-order valence-electron chi connectivity index (χ2n) is 5.13. The van der Waals surface area contributed by atoms with Crippen molar-refractivity contribution in [2.24, 2.45) is 0 Å². The zero-order chi connectivity index (χ0) is 13.1. The standard InChI is InChI=1S/C12H21N3O3/c1-2-10(11(16)17)14-12(18)13-8-5-6-15(7-8)9-3-4-9/h8-10H,2-7H2,1H3,(H,16,17)(H2,13,14,18)/t8?,10-/m1/s1. The molecule has 2 rings (SSSR count). The van der Waals surface area contributed by atoms with Gasteiger partial charge in [0.15, 0.2) is 0 Å². The maximum atomic E-state index is 11.7. The van der Waals surface area contributed by atoms with E-state index in [0.717, 1.165) is 25.6 Å². The molecule has 1 unspecified atom stereocenters. The van der Waals surface area contributed by atoms with Crippen molar-refractivity contribution in [2.75, 3.05) is 13.1 Å². The maximum Gasteiger partial charge on any atom is 0.326 e. The molecule has 1 aliphatic heterocycles. The van der Waals surface area contributed by atoms with Crippen LogP contribution in [0.3, 0.4) is 0 Å². The third-order valence-corrected chi connectivity index (χ3v) is 3.63. The van der Waals surface area contributed by atoms with E-state index in [2.05, 4.69) is 15.5 Å². The number of nitrogens with zero attached hydrogens (tertiary/aromatic N) is 1. The van der Waals surface area contributed by atoms with Gasteiger partial charge in [-0.2, -0.15) is 0 Å². The van der Waals surface area contributed by atoms with Gasteiger partial charge >= 0.3 is 12.0 Å². The predicted molar refractivity (Wildman–Crippen MR) is 66.4 cm³/mol. The van der Waals surface area contributed by atoms with Gasteiger partial charge in [-0.25, -0.2) is 9.59 Å². The minimum Gasteiger partial charge on any atom is -0.480 e. The molecule has 0 aromatic heterocycles. The highest BCUT2D eigenvalue weighted by Gasteiger charge is 2.34. The summed E-state index contributed by atoms with van der Waals surface area (Å²) in [5.41, 5.74) is 0. The molecular weight excluding hydrogens is 234 g/mol. The van der Waals surface area contributed by atoms with Gasteiger partial charge < -0.3 is 15.7 Å². The zero-order valence-corrected chi connectivity index (χ0v) is 10.7. The van der Waals surface area contributed by atoms with Crippen molar-refractivity contribution in [2.45, 2.75) is 50.7 Å². The van der Waals surface area contributed by atoms with Crippen molar-refractivity contribution in [1.29, 1.82) is 0 Å². The SMILES string of the molecule is CC[C@@H](NC(=O)NC1CCN(C2CC2)C1)C(=O)O. The number of urea groups is 1. The molecule has 18 heavy (non-hydrogen) atoms. The summed E-state index contributed by atoms with van der Waals surface area (Å²) in [5.74, 6) is -0.987. The Morgan fingerprint density at radius 2 is 2.11 bits per heavy atom. The highest BCUT2D eigenvalue weighted by molar-refractivity contribution is 5.82. The molecule has 102 valence electrons. The summed E-state index contributed by atoms with van der Waals surface area (Å²) in [6.07, 6.45) is 3.89. The highest BCUT2D eigenvalue weighted by atomic mass is 16.4. The number of carboxylic acid groups (broad SMARTS) is 1. The summed E-state index contributed by atoms with van der Waals surface area (Å²) in [4.78, 5) is 24.9. The fraction of sp³-hybridized carbons (Fsp3) is 0.833. The van der Waals surface area contributed by atoms with Gasteiger partial charge in [0, 0.05) is 25.2 Å². The van der Waals surface area contributed by atoms with Gasteiger partial charge in [0.05, 0.1) is 0 Å². The first-order valence-corrected chi connectivity index (χ1v) is 6.64. The monoisotopic (exact) mass is 255 g/mol. The minimum absolute atomic E-state index is 0.150. The molecule has 1 aliphatic carbocycles. The smallest absolute Gasteiger partial charge is 0.326 e. The lowest BCUT2D eigenvalue weighted by Crippen LogP contribution is -2.49. The van der Waals surface area contributed by atoms with Crippen molar-refractivity contribution >= 4 is 12.0 Å². The number of nitrogens with one attached hydrogen (secondary N) is 2. The van der Waals surface area contributed by atoms with Gasteiger partial charge in [0.2, 0.25) is 0 Å². The summed E-state index contributed by atoms with van der Waals surface area (Å²) in [7, 11) is 0. The number of carbonyl (C=O) groups is 2. The van der Waals surface area contributed by atoms with Gasteiger partial charge in [0.1, 0.15) is 6.04 Å². The summed E-state index contributed by atoms with van der Waals surface area (Å²) in [5, 5.41) is 14.2. The van der Waals surface area contributed by atoms with Crippen LogP contribution in [-0.4, -0.2) is 53.2 Å². The van der Waals surface area contributed by atoms with Crippen molar-refractivity contribution < 1.29 is 14.7 Å². The Kier molecular flexibility index (Phi) is 4.06. The summed E-state index contributed by atoms with van der Waals surface area (Å²) < 4.78 is 0. The van der Waals surface area contributed by atoms with Gasteiger partial charge in [0.25, 0.3) is 0 Å². The molecule has 1 saturated carbocycles. The number of likely N-dealkylation sites (tertiary alicyclic amines) is 1. The lowest BCUT2D eigenvalue weighted by atomic mass is 10.2. The lowest BCUT2D eigenvalue weighted by Gasteiger charge is -2.18. The maximum absolute atomic E-state index is 11.7. The van der Waals surface area contributed by atoms with E-state index in [1.165, 1.54) is 12.8 Å². The van der Waals surface area contributed by atoms with Gasteiger partial charge in [-0.15, -0.1) is 0 Å². The van der Waals surface area contributed by atoms with Gasteiger partial charge in [-0.3, -0.25) is 4.90 Å². The molecule has 2 aliphatic rings. The second kappa shape index (κ2) is 5.56. The second-order valence-corrected chi connectivity index (χ2v) is 5.13. The van der Waals surface area contributed by atoms with Crippen LogP contribution in [-0.2, 0) is 4.79 Å². The summed E-state index contributed by atoms with van der Waals surface area (Å²) in [6.45, 7) is 3.66. The first kappa shape index (κ1) is 13.1. The van der Waals surface area contributed by atoms with E-state index >= 15 is 0 Å². The van der Waals surface area contributed by atoms with E-state index in [1.807, 2.05) is 0 Å². The molecule has 2 amide bonds. The molecule has 1 saturated heterocycles. The van der Waals surface area contributed by atoms with E-state index in [1.54, 1.807) is 6.92 Å². The van der Waals surface area contributed by atoms with Crippen LogP contribution in [0.15, 0.2) is 0 Å². The zero-order valence-electron chi connectivity index (χ0n) is 10.7. The van der Waals surface area contributed by atoms with Crippen molar-refractivity contribution in [3.8, 4) is 0 Å². The van der Waals surface area contributed by atoms with E-state index < -0.39 is 12.0 Å². The number of carbonyl (C=O) groups excluding carboxylic acids is 1. The highest BCUT2D eigenvalue weighted by Crippen LogP contribution is 2.29. The Balaban J connectivity index is 1.72. The Morgan fingerprint density at radius 1 is 1.39 bits per heavy atom. The van der Waals surface area contributed by atoms with Crippen LogP contribution in [0, 0.1) is 0 Å². The van der Waals surface area contributed by atoms with Crippen molar-refractivity contribution in [1.82, 2.24) is 15.5 Å². The number of amides is 2. The number of carboxylic acids is 1. The quantitative estimate of drug-likeness (QED) is 0.663. The van der Waals surface area contributed by atoms with Crippen LogP contribution in [0.25, 0.3) is 0 Å². The summed E-state index contributed by atoms with van der Waals surface area (Å²) >= 11 is 0. The van der Waals surface area contributed by atoms with Crippen LogP contribution in [0.5, 0.6) is 0 Å².